The summed E-state index contributed by atoms with van der Waals surface area (Å²) in [5, 5.41) is 52.5. The Labute approximate surface area is 878 Å². The van der Waals surface area contributed by atoms with E-state index in [4.69, 9.17) is 0 Å². The summed E-state index contributed by atoms with van der Waals surface area (Å²) in [5.74, 6) is -5.00. The van der Waals surface area contributed by atoms with Gasteiger partial charge in [-0.1, -0.05) is 350 Å². The Balaban J connectivity index is 0.000000286. The van der Waals surface area contributed by atoms with Crippen LogP contribution in [0.4, 0.5) is 62.3 Å². The van der Waals surface area contributed by atoms with Gasteiger partial charge in [0.1, 0.15) is 11.6 Å². The molecule has 21 heteroatoms. The largest absolute Gasteiger partial charge is 1.00 e. The topological polar surface area (TPSA) is 148 Å². The van der Waals surface area contributed by atoms with Crippen LogP contribution in [0.3, 0.4) is 0 Å². The molecule has 0 aliphatic rings. The molecular formula is C120H133F9Li4N4O4+4. The second-order valence-corrected chi connectivity index (χ2v) is 43.4. The molecule has 0 radical (unpaired) electrons. The number of alkyl halides is 3. The molecule has 0 fully saturated rings. The molecule has 0 amide bonds. The molecule has 0 aromatic heterocycles. The molecule has 0 saturated heterocycles. The first-order valence-electron chi connectivity index (χ1n) is 46.9. The van der Waals surface area contributed by atoms with E-state index in [0.717, 1.165) is 78.8 Å². The average molecular weight is 1890 g/mol. The Kier molecular flexibility index (Phi) is 41.0. The number of para-hydroxylation sites is 2. The molecule has 8 nitrogen and oxygen atoms in total. The van der Waals surface area contributed by atoms with Gasteiger partial charge in [0.25, 0.3) is 11.4 Å². The minimum absolute atomic E-state index is 0. The second kappa shape index (κ2) is 48.4. The van der Waals surface area contributed by atoms with Crippen LogP contribution in [-0.4, -0.2) is 24.9 Å². The molecule has 13 aromatic carbocycles. The maximum Gasteiger partial charge on any atom is 1.00 e. The van der Waals surface area contributed by atoms with Crippen molar-refractivity contribution in [1.29, 1.82) is 0 Å². The maximum absolute atomic E-state index is 15.1. The standard InChI is InChI=1S/C36H48FNO.C31H30F3NO.C27H29F2NO.C26H26F3NO.4Li/c1-21(2)24-16-30(22(3)4)33(31(17-24)23(5)6)38-20-27-13-25(18-32(37)34(27)39)26-14-28(35(7,8)9)19-29(15-26)36(10,11)12;1-30(2,3)21-8-9-24-19(12-21)13-22(31(4,5)6)14-25(24)18-7-10-28(36)20(11-18)17-35-29-26(33)15-23(32)16-27(29)34;1-26(2,3)20-13-18(14-21(15-20)27(4,5)6)17-10-11-24(31)19(12-17)16-30-25-22(28)8-7-9-23(25)29;1-16(2)22-6-5-7-23(17(3)4)25(22)30-15-20-14-19(10-13-24(20)31)18-8-11-21(12-9-18)26(27,28)29;;;;/h13-23,39H,1-12H3;7-17,36H,1-6H3;7-16,31H,1-6H3;5-17,31H,1-4H3;;;;/q;;;;4*+1. The first kappa shape index (κ1) is 119. The van der Waals surface area contributed by atoms with Gasteiger partial charge in [0.2, 0.25) is 11.4 Å². The Bertz CT molecular complexity index is 6520. The van der Waals surface area contributed by atoms with E-state index >= 15 is 4.39 Å². The van der Waals surface area contributed by atoms with Crippen molar-refractivity contribution in [2.75, 3.05) is 0 Å². The minimum atomic E-state index is -4.38. The van der Waals surface area contributed by atoms with Crippen molar-refractivity contribution < 1.29 is 155 Å². The number of rotatable bonds is 17. The predicted molar refractivity (Wildman–Crippen MR) is 539 cm³/mol. The van der Waals surface area contributed by atoms with Crippen molar-refractivity contribution in [2.45, 2.75) is 262 Å². The van der Waals surface area contributed by atoms with Crippen LogP contribution in [0.1, 0.15) is 312 Å². The van der Waals surface area contributed by atoms with Gasteiger partial charge < -0.3 is 20.4 Å². The van der Waals surface area contributed by atoms with Crippen LogP contribution in [0.25, 0.3) is 55.3 Å². The van der Waals surface area contributed by atoms with Gasteiger partial charge in [-0.15, -0.1) is 0 Å². The molecule has 0 spiro atoms. The summed E-state index contributed by atoms with van der Waals surface area (Å²) >= 11 is 0. The van der Waals surface area contributed by atoms with Crippen LogP contribution in [0.5, 0.6) is 23.0 Å². The zero-order valence-electron chi connectivity index (χ0n) is 88.5. The molecule has 0 aliphatic carbocycles. The molecule has 0 aliphatic heterocycles. The zero-order valence-corrected chi connectivity index (χ0v) is 88.5. The van der Waals surface area contributed by atoms with E-state index in [1.807, 2.05) is 12.1 Å². The summed E-state index contributed by atoms with van der Waals surface area (Å²) in [4.78, 5) is 11.9. The van der Waals surface area contributed by atoms with Crippen molar-refractivity contribution in [3.05, 3.63) is 342 Å². The molecule has 13 aromatic rings. The third-order valence-corrected chi connectivity index (χ3v) is 24.6. The Morgan fingerprint density at radius 1 is 0.255 bits per heavy atom. The molecule has 0 heterocycles. The number of nitrogens with one attached hydrogen (secondary N) is 4. The van der Waals surface area contributed by atoms with Gasteiger partial charge >= 0.3 is 81.6 Å². The number of fused-ring (bicyclic) bond motifs is 1. The van der Waals surface area contributed by atoms with Crippen molar-refractivity contribution in [3.8, 4) is 67.5 Å². The number of benzene rings is 13. The average Bonchev–Trinajstić information content (AvgIpc) is 0.759. The van der Waals surface area contributed by atoms with E-state index in [1.54, 1.807) is 48.8 Å². The van der Waals surface area contributed by atoms with Gasteiger partial charge in [-0.3, -0.25) is 0 Å². The third-order valence-electron chi connectivity index (χ3n) is 24.6. The monoisotopic (exact) mass is 1890 g/mol. The normalized spacial score (nSPS) is 12.2. The zero-order chi connectivity index (χ0) is 102. The van der Waals surface area contributed by atoms with Crippen LogP contribution >= 0.6 is 0 Å². The fourth-order valence-corrected chi connectivity index (χ4v) is 15.8. The number of hydrogen-bond donors (Lipinski definition) is 4. The predicted octanol–water partition coefficient (Wildman–Crippen LogP) is 13.5. The number of halogens is 9. The van der Waals surface area contributed by atoms with Gasteiger partial charge in [-0.2, -0.15) is 30.7 Å². The van der Waals surface area contributed by atoms with E-state index < -0.39 is 58.1 Å². The van der Waals surface area contributed by atoms with Crippen molar-refractivity contribution in [3.63, 3.8) is 0 Å². The van der Waals surface area contributed by atoms with E-state index in [0.29, 0.717) is 75.1 Å². The fourth-order valence-electron chi connectivity index (χ4n) is 15.8. The summed E-state index contributed by atoms with van der Waals surface area (Å²) in [5.41, 5.74) is 21.3. The quantitative estimate of drug-likeness (QED) is 0.0408. The molecule has 4 N–H and O–H groups in total. The summed E-state index contributed by atoms with van der Waals surface area (Å²) in [6.45, 7) is 60.8. The van der Waals surface area contributed by atoms with E-state index in [-0.39, 0.29) is 136 Å². The molecular weight excluding hydrogens is 1760 g/mol. The smallest absolute Gasteiger partial charge is 0.872 e. The first-order valence-corrected chi connectivity index (χ1v) is 46.9. The van der Waals surface area contributed by atoms with Gasteiger partial charge in [0, 0.05) is 56.6 Å². The summed E-state index contributed by atoms with van der Waals surface area (Å²) in [7, 11) is 0. The van der Waals surface area contributed by atoms with Gasteiger partial charge in [-0.25, -0.2) is 28.8 Å². The molecule has 141 heavy (non-hydrogen) atoms. The van der Waals surface area contributed by atoms with Crippen molar-refractivity contribution in [2.24, 2.45) is 0 Å². The number of hydrogen-bond acceptors (Lipinski definition) is 4. The SMILES string of the molecule is CC(C)(C)c1cc(-c2ccc([O-])c(C=[NH+]c3c(F)cccc3F)c2)cc(C(C)(C)C)c1.CC(C)(C)c1ccc2c(-c3ccc([O-])c(C=[NH+]c4c(F)cc(F)cc4F)c3)cc(C(C)(C)C)cc2c1.CC(C)c1cc(C(C)C)c([NH+]=Cc2cc(-c3cc(C(C)(C)C)cc(C(C)(C)C)c3)cc(F)c2[O-])c(C(C)C)c1.CC(C)c1cccc(C(C)C)c1[NH+]=Cc1cc(-c2ccc(C(F)(F)F)cc2)ccc1[O-].[Li+].[Li+].[Li+].[Li+]. The molecule has 0 unspecified atom stereocenters. The summed E-state index contributed by atoms with van der Waals surface area (Å²) < 4.78 is 123. The molecule has 0 atom stereocenters. The second-order valence-electron chi connectivity index (χ2n) is 43.4. The van der Waals surface area contributed by atoms with Crippen LogP contribution in [0.2, 0.25) is 0 Å². The van der Waals surface area contributed by atoms with E-state index in [9.17, 15) is 55.5 Å². The minimum Gasteiger partial charge on any atom is -0.872 e. The van der Waals surface area contributed by atoms with Crippen LogP contribution in [0, 0.1) is 34.9 Å². The summed E-state index contributed by atoms with van der Waals surface area (Å²) in [6, 6.07) is 62.2. The Morgan fingerprint density at radius 3 is 0.957 bits per heavy atom. The molecule has 13 rings (SSSR count). The Hall–Kier alpha value is -10.2. The maximum atomic E-state index is 15.1. The first-order chi connectivity index (χ1) is 63.6. The van der Waals surface area contributed by atoms with Gasteiger partial charge in [-0.05, 0) is 229 Å². The van der Waals surface area contributed by atoms with Crippen molar-refractivity contribution >= 4 is 58.4 Å². The third kappa shape index (κ3) is 30.9. The molecule has 0 saturated carbocycles. The van der Waals surface area contributed by atoms with Crippen LogP contribution < -0.4 is 116 Å². The fraction of sp³-hybridized carbons (Fsp3) is 0.333. The van der Waals surface area contributed by atoms with Gasteiger partial charge in [0.15, 0.2) is 48.1 Å². The summed E-state index contributed by atoms with van der Waals surface area (Å²) in [6.07, 6.45) is 1.60. The molecule has 0 bridgehead atoms. The van der Waals surface area contributed by atoms with Gasteiger partial charge in [0.05, 0.1) is 5.56 Å². The Morgan fingerprint density at radius 2 is 0.567 bits per heavy atom. The van der Waals surface area contributed by atoms with Crippen LogP contribution in [0.15, 0.2) is 218 Å². The van der Waals surface area contributed by atoms with Crippen LogP contribution in [-0.2, 0) is 38.7 Å². The van der Waals surface area contributed by atoms with Crippen molar-refractivity contribution in [1.82, 2.24) is 0 Å². The van der Waals surface area contributed by atoms with E-state index in [2.05, 4.69) is 305 Å². The van der Waals surface area contributed by atoms with E-state index in [1.165, 1.54) is 112 Å². The molecule has 720 valence electrons.